The summed E-state index contributed by atoms with van der Waals surface area (Å²) in [5.74, 6) is 0.628. The molecule has 1 unspecified atom stereocenters. The zero-order chi connectivity index (χ0) is 12.4. The molecule has 0 spiro atoms. The third-order valence-electron chi connectivity index (χ3n) is 3.74. The number of hydrogen-bond donors (Lipinski definition) is 1. The van der Waals surface area contributed by atoms with E-state index in [0.717, 1.165) is 26.2 Å². The van der Waals surface area contributed by atoms with Gasteiger partial charge in [0.15, 0.2) is 0 Å². The molecular weight excluding hydrogens is 208 g/mol. The Bertz CT molecular complexity index is 375. The molecule has 1 aliphatic heterocycles. The van der Waals surface area contributed by atoms with Crippen LogP contribution in [0.5, 0.6) is 0 Å². The van der Waals surface area contributed by atoms with Gasteiger partial charge in [0.05, 0.1) is 0 Å². The Labute approximate surface area is 105 Å². The maximum Gasteiger partial charge on any atom is 0.0104 e. The monoisotopic (exact) mass is 232 g/mol. The second-order valence-electron chi connectivity index (χ2n) is 5.48. The number of likely N-dealkylation sites (N-methyl/N-ethyl adjacent to an activating group) is 1. The molecule has 1 heterocycles. The number of hydrogen-bond acceptors (Lipinski definition) is 2. The van der Waals surface area contributed by atoms with Crippen molar-refractivity contribution in [1.29, 1.82) is 0 Å². The smallest absolute Gasteiger partial charge is 0.0104 e. The summed E-state index contributed by atoms with van der Waals surface area (Å²) < 4.78 is 0. The Morgan fingerprint density at radius 1 is 1.18 bits per heavy atom. The van der Waals surface area contributed by atoms with E-state index in [2.05, 4.69) is 50.2 Å². The molecule has 94 valence electrons. The van der Waals surface area contributed by atoms with E-state index in [-0.39, 0.29) is 0 Å². The molecule has 17 heavy (non-hydrogen) atoms. The van der Waals surface area contributed by atoms with Crippen LogP contribution in [0.2, 0.25) is 0 Å². The maximum absolute atomic E-state index is 3.55. The Kier molecular flexibility index (Phi) is 3.85. The molecule has 2 heteroatoms. The lowest BCUT2D eigenvalue weighted by atomic mass is 9.89. The molecule has 0 aliphatic carbocycles. The highest BCUT2D eigenvalue weighted by Crippen LogP contribution is 2.26. The molecule has 1 atom stereocenters. The number of nitrogens with zero attached hydrogens (tertiary/aromatic N) is 1. The van der Waals surface area contributed by atoms with Crippen molar-refractivity contribution in [1.82, 2.24) is 10.2 Å². The van der Waals surface area contributed by atoms with Crippen molar-refractivity contribution < 1.29 is 0 Å². The molecule has 2 rings (SSSR count). The standard InChI is InChI=1S/C15H24N2/c1-11-7-12(2)15(13(3)8-11)14-9-16-5-6-17(4)10-14/h7-8,14,16H,5-6,9-10H2,1-4H3. The van der Waals surface area contributed by atoms with Crippen LogP contribution in [0, 0.1) is 20.8 Å². The lowest BCUT2D eigenvalue weighted by molar-refractivity contribution is 0.342. The van der Waals surface area contributed by atoms with Crippen LogP contribution in [0.1, 0.15) is 28.2 Å². The van der Waals surface area contributed by atoms with Crippen LogP contribution in [0.4, 0.5) is 0 Å². The maximum atomic E-state index is 3.55. The summed E-state index contributed by atoms with van der Waals surface area (Å²) in [5, 5.41) is 3.55. The first-order valence-corrected chi connectivity index (χ1v) is 6.55. The highest BCUT2D eigenvalue weighted by Gasteiger charge is 2.20. The van der Waals surface area contributed by atoms with E-state index in [9.17, 15) is 0 Å². The first-order chi connectivity index (χ1) is 8.08. The summed E-state index contributed by atoms with van der Waals surface area (Å²) in [5.41, 5.74) is 5.82. The molecule has 0 radical (unpaired) electrons. The average molecular weight is 232 g/mol. The van der Waals surface area contributed by atoms with Gasteiger partial charge in [-0.2, -0.15) is 0 Å². The largest absolute Gasteiger partial charge is 0.315 e. The van der Waals surface area contributed by atoms with Crippen LogP contribution in [0.3, 0.4) is 0 Å². The number of benzene rings is 1. The molecule has 2 nitrogen and oxygen atoms in total. The molecule has 0 bridgehead atoms. The number of rotatable bonds is 1. The fourth-order valence-electron chi connectivity index (χ4n) is 3.11. The van der Waals surface area contributed by atoms with Gasteiger partial charge in [0.1, 0.15) is 0 Å². The lowest BCUT2D eigenvalue weighted by Crippen LogP contribution is -2.25. The van der Waals surface area contributed by atoms with Gasteiger partial charge in [-0.15, -0.1) is 0 Å². The molecule has 0 amide bonds. The number of nitrogens with one attached hydrogen (secondary N) is 1. The first kappa shape index (κ1) is 12.6. The highest BCUT2D eigenvalue weighted by atomic mass is 15.1. The van der Waals surface area contributed by atoms with E-state index in [1.54, 1.807) is 5.56 Å². The summed E-state index contributed by atoms with van der Waals surface area (Å²) in [6.45, 7) is 11.2. The van der Waals surface area contributed by atoms with Crippen LogP contribution in [-0.4, -0.2) is 38.1 Å². The van der Waals surface area contributed by atoms with Gasteiger partial charge in [0.2, 0.25) is 0 Å². The van der Waals surface area contributed by atoms with Crippen molar-refractivity contribution in [3.63, 3.8) is 0 Å². The van der Waals surface area contributed by atoms with Crippen LogP contribution in [-0.2, 0) is 0 Å². The van der Waals surface area contributed by atoms with Crippen molar-refractivity contribution in [2.24, 2.45) is 0 Å². The van der Waals surface area contributed by atoms with E-state index < -0.39 is 0 Å². The zero-order valence-electron chi connectivity index (χ0n) is 11.5. The molecule has 1 aromatic rings. The second-order valence-corrected chi connectivity index (χ2v) is 5.48. The SMILES string of the molecule is Cc1cc(C)c(C2CNCCN(C)C2)c(C)c1. The summed E-state index contributed by atoms with van der Waals surface area (Å²) in [4.78, 5) is 2.43. The Morgan fingerprint density at radius 3 is 2.47 bits per heavy atom. The summed E-state index contributed by atoms with van der Waals surface area (Å²) in [7, 11) is 2.22. The van der Waals surface area contributed by atoms with Gasteiger partial charge in [-0.05, 0) is 44.5 Å². The van der Waals surface area contributed by atoms with Crippen molar-refractivity contribution in [2.45, 2.75) is 26.7 Å². The van der Waals surface area contributed by atoms with Crippen molar-refractivity contribution in [3.05, 3.63) is 34.4 Å². The third kappa shape index (κ3) is 2.88. The van der Waals surface area contributed by atoms with Gasteiger partial charge in [-0.1, -0.05) is 17.7 Å². The van der Waals surface area contributed by atoms with E-state index in [4.69, 9.17) is 0 Å². The minimum Gasteiger partial charge on any atom is -0.315 e. The molecule has 0 aromatic heterocycles. The molecule has 1 aliphatic rings. The minimum atomic E-state index is 0.628. The van der Waals surface area contributed by atoms with Gasteiger partial charge in [0.25, 0.3) is 0 Å². The zero-order valence-corrected chi connectivity index (χ0v) is 11.5. The van der Waals surface area contributed by atoms with Gasteiger partial charge < -0.3 is 10.2 Å². The van der Waals surface area contributed by atoms with Crippen molar-refractivity contribution in [2.75, 3.05) is 33.2 Å². The molecule has 1 fully saturated rings. The molecule has 1 N–H and O–H groups in total. The third-order valence-corrected chi connectivity index (χ3v) is 3.74. The fourth-order valence-corrected chi connectivity index (χ4v) is 3.11. The average Bonchev–Trinajstić information content (AvgIpc) is 2.41. The molecule has 1 saturated heterocycles. The van der Waals surface area contributed by atoms with Crippen molar-refractivity contribution >= 4 is 0 Å². The van der Waals surface area contributed by atoms with E-state index >= 15 is 0 Å². The van der Waals surface area contributed by atoms with Gasteiger partial charge in [-0.3, -0.25) is 0 Å². The summed E-state index contributed by atoms with van der Waals surface area (Å²) in [6.07, 6.45) is 0. The van der Waals surface area contributed by atoms with Crippen molar-refractivity contribution in [3.8, 4) is 0 Å². The van der Waals surface area contributed by atoms with Gasteiger partial charge in [-0.25, -0.2) is 0 Å². The lowest BCUT2D eigenvalue weighted by Gasteiger charge is -2.23. The minimum absolute atomic E-state index is 0.628. The van der Waals surface area contributed by atoms with Gasteiger partial charge >= 0.3 is 0 Å². The summed E-state index contributed by atoms with van der Waals surface area (Å²) in [6, 6.07) is 4.63. The fraction of sp³-hybridized carbons (Fsp3) is 0.600. The van der Waals surface area contributed by atoms with Crippen LogP contribution in [0.15, 0.2) is 12.1 Å². The second kappa shape index (κ2) is 5.19. The highest BCUT2D eigenvalue weighted by molar-refractivity contribution is 5.40. The predicted octanol–water partition coefficient (Wildman–Crippen LogP) is 2.23. The first-order valence-electron chi connectivity index (χ1n) is 6.55. The van der Waals surface area contributed by atoms with E-state index in [1.807, 2.05) is 0 Å². The summed E-state index contributed by atoms with van der Waals surface area (Å²) >= 11 is 0. The number of aryl methyl sites for hydroxylation is 3. The molecule has 1 aromatic carbocycles. The van der Waals surface area contributed by atoms with E-state index in [0.29, 0.717) is 5.92 Å². The molecular formula is C15H24N2. The van der Waals surface area contributed by atoms with Crippen LogP contribution in [0.25, 0.3) is 0 Å². The quantitative estimate of drug-likeness (QED) is 0.799. The predicted molar refractivity (Wildman–Crippen MR) is 73.8 cm³/mol. The normalized spacial score (nSPS) is 22.5. The Morgan fingerprint density at radius 2 is 1.82 bits per heavy atom. The van der Waals surface area contributed by atoms with Crippen LogP contribution >= 0.6 is 0 Å². The Balaban J connectivity index is 2.32. The Hall–Kier alpha value is -0.860. The molecule has 0 saturated carbocycles. The van der Waals surface area contributed by atoms with Crippen LogP contribution < -0.4 is 5.32 Å². The van der Waals surface area contributed by atoms with Gasteiger partial charge in [0, 0.05) is 32.1 Å². The topological polar surface area (TPSA) is 15.3 Å². The van der Waals surface area contributed by atoms with E-state index in [1.165, 1.54) is 16.7 Å².